The molecule has 2 rings (SSSR count). The van der Waals surface area contributed by atoms with Crippen molar-refractivity contribution in [2.75, 3.05) is 11.5 Å². The summed E-state index contributed by atoms with van der Waals surface area (Å²) in [5, 5.41) is 13.7. The lowest BCUT2D eigenvalue weighted by Crippen LogP contribution is -2.19. The first-order chi connectivity index (χ1) is 9.26. The summed E-state index contributed by atoms with van der Waals surface area (Å²) in [5.74, 6) is 4.05. The quantitative estimate of drug-likeness (QED) is 0.824. The Bertz CT molecular complexity index is 443. The fourth-order valence-corrected chi connectivity index (χ4v) is 5.09. The fraction of sp³-hybridized carbons (Fsp3) is 0.769. The van der Waals surface area contributed by atoms with Crippen molar-refractivity contribution in [3.05, 3.63) is 11.7 Å². The minimum absolute atomic E-state index is 0.169. The van der Waals surface area contributed by atoms with Gasteiger partial charge in [-0.2, -0.15) is 22.0 Å². The van der Waals surface area contributed by atoms with Crippen molar-refractivity contribution in [2.24, 2.45) is 0 Å². The molecule has 1 aliphatic rings. The summed E-state index contributed by atoms with van der Waals surface area (Å²) in [6.07, 6.45) is 2.45. The lowest BCUT2D eigenvalue weighted by atomic mass is 10.1. The van der Waals surface area contributed by atoms with E-state index in [2.05, 4.69) is 23.1 Å². The molecule has 1 fully saturated rings. The highest BCUT2D eigenvalue weighted by molar-refractivity contribution is 8.06. The summed E-state index contributed by atoms with van der Waals surface area (Å²) in [7, 11) is 0. The van der Waals surface area contributed by atoms with Gasteiger partial charge in [0.15, 0.2) is 5.82 Å². The molecule has 104 valence electrons. The first-order valence-electron chi connectivity index (χ1n) is 6.70. The van der Waals surface area contributed by atoms with Crippen molar-refractivity contribution in [1.82, 2.24) is 10.1 Å². The highest BCUT2D eigenvalue weighted by Gasteiger charge is 2.30. The zero-order valence-corrected chi connectivity index (χ0v) is 13.0. The van der Waals surface area contributed by atoms with Crippen LogP contribution in [-0.4, -0.2) is 26.9 Å². The van der Waals surface area contributed by atoms with E-state index in [0.29, 0.717) is 22.8 Å². The second-order valence-electron chi connectivity index (χ2n) is 4.70. The van der Waals surface area contributed by atoms with Gasteiger partial charge >= 0.3 is 0 Å². The van der Waals surface area contributed by atoms with E-state index in [4.69, 9.17) is 9.78 Å². The molecule has 1 aliphatic heterocycles. The molecule has 0 aromatic carbocycles. The molecular formula is C13H19N3OS2. The molecule has 1 saturated heterocycles. The average molecular weight is 297 g/mol. The normalized spacial score (nSPS) is 24.9. The summed E-state index contributed by atoms with van der Waals surface area (Å²) < 4.78 is 5.38. The molecule has 3 atom stereocenters. The van der Waals surface area contributed by atoms with Crippen molar-refractivity contribution in [3.8, 4) is 6.07 Å². The maximum absolute atomic E-state index is 8.62. The van der Waals surface area contributed by atoms with Gasteiger partial charge in [-0.05, 0) is 12.8 Å². The molecule has 3 unspecified atom stereocenters. The van der Waals surface area contributed by atoms with Crippen LogP contribution in [-0.2, 0) is 0 Å². The van der Waals surface area contributed by atoms with Crippen LogP contribution < -0.4 is 0 Å². The van der Waals surface area contributed by atoms with Crippen LogP contribution in [0.4, 0.5) is 0 Å². The third-order valence-corrected chi connectivity index (χ3v) is 6.52. The first kappa shape index (κ1) is 14.7. The molecule has 0 aliphatic carbocycles. The second-order valence-corrected chi connectivity index (χ2v) is 7.29. The van der Waals surface area contributed by atoms with Crippen molar-refractivity contribution in [3.63, 3.8) is 0 Å². The van der Waals surface area contributed by atoms with Gasteiger partial charge in [0.25, 0.3) is 0 Å². The Morgan fingerprint density at radius 1 is 1.47 bits per heavy atom. The Morgan fingerprint density at radius 2 is 2.26 bits per heavy atom. The smallest absolute Gasteiger partial charge is 0.229 e. The van der Waals surface area contributed by atoms with E-state index in [0.717, 1.165) is 24.4 Å². The van der Waals surface area contributed by atoms with Gasteiger partial charge in [0.1, 0.15) is 0 Å². The molecule has 1 aromatic rings. The SMILES string of the molecule is CCC1SCCSC1c1noc(C(C)CCC#N)n1. The van der Waals surface area contributed by atoms with E-state index in [-0.39, 0.29) is 5.92 Å². The van der Waals surface area contributed by atoms with Gasteiger partial charge < -0.3 is 4.52 Å². The largest absolute Gasteiger partial charge is 0.339 e. The summed E-state index contributed by atoms with van der Waals surface area (Å²) in [5.41, 5.74) is 0. The van der Waals surface area contributed by atoms with Gasteiger partial charge in [0.2, 0.25) is 5.89 Å². The Kier molecular flexibility index (Phi) is 5.59. The molecule has 0 amide bonds. The molecule has 0 saturated carbocycles. The molecular weight excluding hydrogens is 278 g/mol. The summed E-state index contributed by atoms with van der Waals surface area (Å²) >= 11 is 3.95. The fourth-order valence-electron chi connectivity index (χ4n) is 2.11. The molecule has 4 nitrogen and oxygen atoms in total. The Morgan fingerprint density at radius 3 is 3.00 bits per heavy atom. The highest BCUT2D eigenvalue weighted by atomic mass is 32.2. The van der Waals surface area contributed by atoms with Gasteiger partial charge in [-0.15, -0.1) is 11.8 Å². The van der Waals surface area contributed by atoms with Crippen LogP contribution in [0.1, 0.15) is 56.0 Å². The predicted molar refractivity (Wildman–Crippen MR) is 79.3 cm³/mol. The zero-order chi connectivity index (χ0) is 13.7. The minimum atomic E-state index is 0.169. The predicted octanol–water partition coefficient (Wildman–Crippen LogP) is 3.78. The highest BCUT2D eigenvalue weighted by Crippen LogP contribution is 2.43. The summed E-state index contributed by atoms with van der Waals surface area (Å²) in [6.45, 7) is 4.25. The van der Waals surface area contributed by atoms with E-state index in [9.17, 15) is 0 Å². The number of rotatable bonds is 5. The number of aromatic nitrogens is 2. The van der Waals surface area contributed by atoms with Crippen molar-refractivity contribution in [2.45, 2.75) is 49.5 Å². The number of thioether (sulfide) groups is 2. The van der Waals surface area contributed by atoms with Crippen LogP contribution in [0.3, 0.4) is 0 Å². The van der Waals surface area contributed by atoms with Crippen LogP contribution in [0.15, 0.2) is 4.52 Å². The van der Waals surface area contributed by atoms with Crippen LogP contribution in [0.5, 0.6) is 0 Å². The first-order valence-corrected chi connectivity index (χ1v) is 8.79. The van der Waals surface area contributed by atoms with Gasteiger partial charge in [0, 0.05) is 29.1 Å². The van der Waals surface area contributed by atoms with E-state index in [1.165, 1.54) is 5.75 Å². The third-order valence-electron chi connectivity index (χ3n) is 3.28. The molecule has 0 spiro atoms. The van der Waals surface area contributed by atoms with Gasteiger partial charge in [-0.25, -0.2) is 0 Å². The Hall–Kier alpha value is -0.670. The number of hydrogen-bond acceptors (Lipinski definition) is 6. The number of hydrogen-bond donors (Lipinski definition) is 0. The molecule has 6 heteroatoms. The van der Waals surface area contributed by atoms with Crippen LogP contribution in [0, 0.1) is 11.3 Å². The van der Waals surface area contributed by atoms with Crippen LogP contribution in [0.2, 0.25) is 0 Å². The third kappa shape index (κ3) is 3.67. The van der Waals surface area contributed by atoms with Gasteiger partial charge in [-0.1, -0.05) is 19.0 Å². The van der Waals surface area contributed by atoms with E-state index in [1.54, 1.807) is 0 Å². The van der Waals surface area contributed by atoms with Crippen molar-refractivity contribution < 1.29 is 4.52 Å². The van der Waals surface area contributed by atoms with E-state index in [1.807, 2.05) is 30.4 Å². The van der Waals surface area contributed by atoms with E-state index < -0.39 is 0 Å². The lowest BCUT2D eigenvalue weighted by Gasteiger charge is -2.27. The Balaban J connectivity index is 2.05. The molecule has 0 N–H and O–H groups in total. The van der Waals surface area contributed by atoms with E-state index >= 15 is 0 Å². The molecule has 19 heavy (non-hydrogen) atoms. The average Bonchev–Trinajstić information content (AvgIpc) is 2.94. The standard InChI is InChI=1S/C13H19N3OS2/c1-3-10-11(19-8-7-18-10)12-15-13(17-16-12)9(2)5-4-6-14/h9-11H,3-5,7-8H2,1-2H3. The lowest BCUT2D eigenvalue weighted by molar-refractivity contribution is 0.350. The number of nitrogens with zero attached hydrogens (tertiary/aromatic N) is 3. The molecule has 2 heterocycles. The monoisotopic (exact) mass is 297 g/mol. The van der Waals surface area contributed by atoms with Crippen LogP contribution in [0.25, 0.3) is 0 Å². The number of nitriles is 1. The summed E-state index contributed by atoms with van der Waals surface area (Å²) in [6, 6.07) is 2.16. The van der Waals surface area contributed by atoms with Crippen LogP contribution >= 0.6 is 23.5 Å². The van der Waals surface area contributed by atoms with Crippen molar-refractivity contribution >= 4 is 23.5 Å². The maximum Gasteiger partial charge on any atom is 0.229 e. The molecule has 1 aromatic heterocycles. The molecule has 0 bridgehead atoms. The summed E-state index contributed by atoms with van der Waals surface area (Å²) in [4.78, 5) is 4.56. The minimum Gasteiger partial charge on any atom is -0.339 e. The maximum atomic E-state index is 8.62. The molecule has 0 radical (unpaired) electrons. The van der Waals surface area contributed by atoms with Gasteiger partial charge in [-0.3, -0.25) is 0 Å². The van der Waals surface area contributed by atoms with Gasteiger partial charge in [0.05, 0.1) is 11.3 Å². The topological polar surface area (TPSA) is 62.7 Å². The Labute approximate surface area is 122 Å². The van der Waals surface area contributed by atoms with Crippen molar-refractivity contribution in [1.29, 1.82) is 5.26 Å². The zero-order valence-electron chi connectivity index (χ0n) is 11.3. The second kappa shape index (κ2) is 7.20.